The van der Waals surface area contributed by atoms with Crippen molar-refractivity contribution in [3.8, 4) is 5.75 Å². The van der Waals surface area contributed by atoms with Crippen molar-refractivity contribution >= 4 is 34.2 Å². The van der Waals surface area contributed by atoms with Crippen LogP contribution < -0.4 is 21.1 Å². The molecule has 2 N–H and O–H groups in total. The Morgan fingerprint density at radius 2 is 1.72 bits per heavy atom. The molecule has 0 unspecified atom stereocenters. The number of nitrogens with zero attached hydrogens (tertiary/aromatic N) is 2. The Morgan fingerprint density at radius 3 is 2.38 bits per heavy atom. The summed E-state index contributed by atoms with van der Waals surface area (Å²) in [5.41, 5.74) is 4.54. The Balaban J connectivity index is 1.91. The molecule has 3 aromatic rings. The first-order chi connectivity index (χ1) is 13.8. The number of methoxy groups -OCH3 is 1. The Labute approximate surface area is 171 Å². The molecule has 29 heavy (non-hydrogen) atoms. The van der Waals surface area contributed by atoms with Crippen LogP contribution in [0.1, 0.15) is 40.7 Å². The van der Waals surface area contributed by atoms with Gasteiger partial charge in [-0.2, -0.15) is 5.10 Å². The van der Waals surface area contributed by atoms with Gasteiger partial charge in [-0.15, -0.1) is 0 Å². The molecule has 0 aliphatic heterocycles. The summed E-state index contributed by atoms with van der Waals surface area (Å²) in [7, 11) is 1.42. The third kappa shape index (κ3) is 4.07. The molecule has 9 heteroatoms. The van der Waals surface area contributed by atoms with E-state index in [0.717, 1.165) is 0 Å². The lowest BCUT2D eigenvalue weighted by Crippen LogP contribution is -2.43. The van der Waals surface area contributed by atoms with Gasteiger partial charge < -0.3 is 4.74 Å². The van der Waals surface area contributed by atoms with Gasteiger partial charge in [0.05, 0.1) is 24.1 Å². The van der Waals surface area contributed by atoms with E-state index >= 15 is 0 Å². The van der Waals surface area contributed by atoms with Crippen molar-refractivity contribution in [1.82, 2.24) is 20.6 Å². The minimum absolute atomic E-state index is 0.0206. The minimum atomic E-state index is -0.662. The van der Waals surface area contributed by atoms with E-state index in [2.05, 4.69) is 16.0 Å². The molecule has 0 bridgehead atoms. The molecule has 0 spiro atoms. The highest BCUT2D eigenvalue weighted by molar-refractivity contribution is 6.31. The van der Waals surface area contributed by atoms with Crippen molar-refractivity contribution in [1.29, 1.82) is 0 Å². The Morgan fingerprint density at radius 1 is 1.07 bits per heavy atom. The molecule has 8 nitrogen and oxygen atoms in total. The van der Waals surface area contributed by atoms with Crippen LogP contribution in [0.2, 0.25) is 5.02 Å². The topological polar surface area (TPSA) is 102 Å². The SMILES string of the molecule is COc1ccc(Cl)cc1C(=O)NNC(=O)c1nn(C(C)C)c(=O)c2ccccc12. The van der Waals surface area contributed by atoms with Gasteiger partial charge in [-0.05, 0) is 38.1 Å². The molecular formula is C20H19ClN4O4. The molecule has 2 amide bonds. The number of rotatable bonds is 4. The lowest BCUT2D eigenvalue weighted by Gasteiger charge is -2.14. The molecule has 150 valence electrons. The van der Waals surface area contributed by atoms with E-state index in [-0.39, 0.29) is 22.9 Å². The second-order valence-corrected chi connectivity index (χ2v) is 6.93. The molecule has 0 aliphatic carbocycles. The monoisotopic (exact) mass is 414 g/mol. The summed E-state index contributed by atoms with van der Waals surface area (Å²) in [6, 6.07) is 11.0. The van der Waals surface area contributed by atoms with Gasteiger partial charge >= 0.3 is 0 Å². The predicted octanol–water partition coefficient (Wildman–Crippen LogP) is 2.71. The van der Waals surface area contributed by atoms with Gasteiger partial charge in [0.15, 0.2) is 5.69 Å². The fourth-order valence-electron chi connectivity index (χ4n) is 2.82. The number of fused-ring (bicyclic) bond motifs is 1. The third-order valence-corrected chi connectivity index (χ3v) is 4.46. The largest absolute Gasteiger partial charge is 0.496 e. The molecule has 0 fully saturated rings. The van der Waals surface area contributed by atoms with E-state index in [4.69, 9.17) is 16.3 Å². The number of hydrogen-bond acceptors (Lipinski definition) is 5. The Hall–Kier alpha value is -3.39. The number of hydrogen-bond donors (Lipinski definition) is 2. The highest BCUT2D eigenvalue weighted by Crippen LogP contribution is 2.22. The van der Waals surface area contributed by atoms with Crippen LogP contribution in [0.25, 0.3) is 10.8 Å². The van der Waals surface area contributed by atoms with Crippen LogP contribution in [0, 0.1) is 0 Å². The van der Waals surface area contributed by atoms with Crippen molar-refractivity contribution in [3.05, 3.63) is 69.1 Å². The third-order valence-electron chi connectivity index (χ3n) is 4.23. The molecule has 0 atom stereocenters. The van der Waals surface area contributed by atoms with Gasteiger partial charge in [0.25, 0.3) is 17.4 Å². The van der Waals surface area contributed by atoms with E-state index < -0.39 is 11.8 Å². The van der Waals surface area contributed by atoms with Crippen LogP contribution in [0.5, 0.6) is 5.75 Å². The second-order valence-electron chi connectivity index (χ2n) is 6.49. The molecule has 1 heterocycles. The standard InChI is InChI=1S/C20H19ClN4O4/c1-11(2)25-20(28)14-7-5-4-6-13(14)17(24-25)19(27)23-22-18(26)15-10-12(21)8-9-16(15)29-3/h4-11H,1-3H3,(H,22,26)(H,23,27). The molecule has 0 aliphatic rings. The van der Waals surface area contributed by atoms with Crippen LogP contribution in [-0.2, 0) is 0 Å². The van der Waals surface area contributed by atoms with Crippen LogP contribution >= 0.6 is 11.6 Å². The Bertz CT molecular complexity index is 1160. The highest BCUT2D eigenvalue weighted by atomic mass is 35.5. The van der Waals surface area contributed by atoms with E-state index in [9.17, 15) is 14.4 Å². The van der Waals surface area contributed by atoms with Gasteiger partial charge in [-0.1, -0.05) is 29.8 Å². The smallest absolute Gasteiger partial charge is 0.290 e. The number of carbonyl (C=O) groups is 2. The average Bonchev–Trinajstić information content (AvgIpc) is 2.72. The van der Waals surface area contributed by atoms with Gasteiger partial charge in [0.2, 0.25) is 0 Å². The zero-order chi connectivity index (χ0) is 21.1. The first-order valence-electron chi connectivity index (χ1n) is 8.79. The van der Waals surface area contributed by atoms with Gasteiger partial charge in [-0.25, -0.2) is 4.68 Å². The van der Waals surface area contributed by atoms with Gasteiger partial charge in [-0.3, -0.25) is 25.2 Å². The number of hydrazine groups is 1. The van der Waals surface area contributed by atoms with E-state index in [1.807, 2.05) is 0 Å². The molecule has 0 saturated carbocycles. The summed E-state index contributed by atoms with van der Waals surface area (Å²) < 4.78 is 6.38. The number of carbonyl (C=O) groups excluding carboxylic acids is 2. The van der Waals surface area contributed by atoms with Gasteiger partial charge in [0.1, 0.15) is 5.75 Å². The first kappa shape index (κ1) is 20.3. The van der Waals surface area contributed by atoms with E-state index in [0.29, 0.717) is 21.5 Å². The highest BCUT2D eigenvalue weighted by Gasteiger charge is 2.19. The molecular weight excluding hydrogens is 396 g/mol. The number of halogens is 1. The molecule has 3 rings (SSSR count). The lowest BCUT2D eigenvalue weighted by atomic mass is 10.1. The zero-order valence-electron chi connectivity index (χ0n) is 16.0. The molecule has 2 aromatic carbocycles. The average molecular weight is 415 g/mol. The maximum absolute atomic E-state index is 12.7. The molecule has 0 radical (unpaired) electrons. The van der Waals surface area contributed by atoms with Crippen molar-refractivity contribution in [2.24, 2.45) is 0 Å². The number of aromatic nitrogens is 2. The number of benzene rings is 2. The fraction of sp³-hybridized carbons (Fsp3) is 0.200. The second kappa shape index (κ2) is 8.32. The molecule has 0 saturated heterocycles. The van der Waals surface area contributed by atoms with Crippen LogP contribution in [-0.4, -0.2) is 28.7 Å². The summed E-state index contributed by atoms with van der Waals surface area (Å²) in [4.78, 5) is 37.8. The van der Waals surface area contributed by atoms with Crippen molar-refractivity contribution in [2.75, 3.05) is 7.11 Å². The lowest BCUT2D eigenvalue weighted by molar-refractivity contribution is 0.0841. The normalized spacial score (nSPS) is 10.8. The maximum Gasteiger partial charge on any atom is 0.290 e. The maximum atomic E-state index is 12.7. The fourth-order valence-corrected chi connectivity index (χ4v) is 2.99. The van der Waals surface area contributed by atoms with Crippen molar-refractivity contribution in [3.63, 3.8) is 0 Å². The summed E-state index contributed by atoms with van der Waals surface area (Å²) in [5, 5.41) is 5.29. The van der Waals surface area contributed by atoms with Crippen molar-refractivity contribution in [2.45, 2.75) is 19.9 Å². The summed E-state index contributed by atoms with van der Waals surface area (Å²) >= 11 is 5.94. The van der Waals surface area contributed by atoms with Crippen molar-refractivity contribution < 1.29 is 14.3 Å². The number of ether oxygens (including phenoxy) is 1. The minimum Gasteiger partial charge on any atom is -0.496 e. The summed E-state index contributed by atoms with van der Waals surface area (Å²) in [5.74, 6) is -0.970. The van der Waals surface area contributed by atoms with E-state index in [1.165, 1.54) is 17.9 Å². The van der Waals surface area contributed by atoms with Crippen LogP contribution in [0.3, 0.4) is 0 Å². The van der Waals surface area contributed by atoms with E-state index in [1.54, 1.807) is 50.2 Å². The zero-order valence-corrected chi connectivity index (χ0v) is 16.8. The molecule has 1 aromatic heterocycles. The van der Waals surface area contributed by atoms with Crippen LogP contribution in [0.4, 0.5) is 0 Å². The summed E-state index contributed by atoms with van der Waals surface area (Å²) in [6.07, 6.45) is 0. The number of amides is 2. The van der Waals surface area contributed by atoms with Crippen LogP contribution in [0.15, 0.2) is 47.3 Å². The Kier molecular flexibility index (Phi) is 5.84. The summed E-state index contributed by atoms with van der Waals surface area (Å²) in [6.45, 7) is 3.58. The first-order valence-corrected chi connectivity index (χ1v) is 9.17. The quantitative estimate of drug-likeness (QED) is 0.639. The number of nitrogens with one attached hydrogen (secondary N) is 2. The van der Waals surface area contributed by atoms with Gasteiger partial charge in [0, 0.05) is 10.4 Å². The predicted molar refractivity (Wildman–Crippen MR) is 109 cm³/mol.